The van der Waals surface area contributed by atoms with Gasteiger partial charge in [0.15, 0.2) is 0 Å². The maximum Gasteiger partial charge on any atom is 0.217 e. The van der Waals surface area contributed by atoms with E-state index < -0.39 is 10.0 Å². The van der Waals surface area contributed by atoms with E-state index >= 15 is 0 Å². The molecule has 6 heteroatoms. The van der Waals surface area contributed by atoms with E-state index in [2.05, 4.69) is 0 Å². The summed E-state index contributed by atoms with van der Waals surface area (Å²) in [7, 11) is 3.97. The first-order valence-electron chi connectivity index (χ1n) is 4.69. The molecule has 0 amide bonds. The smallest absolute Gasteiger partial charge is 0.217 e. The third-order valence-electron chi connectivity index (χ3n) is 2.62. The highest BCUT2D eigenvalue weighted by atomic mass is 32.2. The van der Waals surface area contributed by atoms with Gasteiger partial charge in [-0.05, 0) is 6.42 Å². The summed E-state index contributed by atoms with van der Waals surface area (Å²) in [5, 5.41) is 3.75. The molecule has 1 aliphatic rings. The average molecular weight is 221 g/mol. The van der Waals surface area contributed by atoms with Crippen molar-refractivity contribution in [1.82, 2.24) is 14.3 Å². The Kier molecular flexibility index (Phi) is 3.52. The fraction of sp³-hybridized carbons (Fsp3) is 1.00. The second-order valence-electron chi connectivity index (χ2n) is 4.00. The number of sulfonamides is 1. The second-order valence-corrected chi connectivity index (χ2v) is 6.42. The van der Waals surface area contributed by atoms with Crippen LogP contribution in [0.2, 0.25) is 0 Å². The fourth-order valence-electron chi connectivity index (χ4n) is 1.62. The zero-order valence-electron chi connectivity index (χ0n) is 9.27. The van der Waals surface area contributed by atoms with Gasteiger partial charge in [-0.25, -0.2) is 22.7 Å². The molecule has 84 valence electrons. The van der Waals surface area contributed by atoms with Gasteiger partial charge in [0.2, 0.25) is 10.0 Å². The average Bonchev–Trinajstić information content (AvgIpc) is 2.51. The van der Waals surface area contributed by atoms with Gasteiger partial charge in [-0.3, -0.25) is 0 Å². The van der Waals surface area contributed by atoms with Crippen LogP contribution in [0.15, 0.2) is 0 Å². The van der Waals surface area contributed by atoms with Crippen molar-refractivity contribution in [2.45, 2.75) is 11.7 Å². The molecule has 0 saturated carbocycles. The molecule has 1 unspecified atom stereocenters. The molecule has 1 atom stereocenters. The van der Waals surface area contributed by atoms with E-state index in [9.17, 15) is 8.42 Å². The Balaban J connectivity index is 2.67. The lowest BCUT2D eigenvalue weighted by molar-refractivity contribution is 0.0540. The van der Waals surface area contributed by atoms with Crippen LogP contribution in [0.25, 0.3) is 0 Å². The molecule has 1 fully saturated rings. The first-order valence-corrected chi connectivity index (χ1v) is 6.19. The predicted molar refractivity (Wildman–Crippen MR) is 56.3 cm³/mol. The van der Waals surface area contributed by atoms with E-state index in [0.717, 1.165) is 13.0 Å². The number of hydrogen-bond donors (Lipinski definition) is 0. The fourth-order valence-corrected chi connectivity index (χ4v) is 2.98. The van der Waals surface area contributed by atoms with Gasteiger partial charge in [0.25, 0.3) is 0 Å². The lowest BCUT2D eigenvalue weighted by Gasteiger charge is -2.24. The summed E-state index contributed by atoms with van der Waals surface area (Å²) < 4.78 is 24.9. The Morgan fingerprint density at radius 1 is 1.21 bits per heavy atom. The number of nitrogens with zero attached hydrogens (tertiary/aromatic N) is 3. The number of hydrogen-bond acceptors (Lipinski definition) is 4. The zero-order valence-corrected chi connectivity index (χ0v) is 10.1. The predicted octanol–water partition coefficient (Wildman–Crippen LogP) is -0.571. The van der Waals surface area contributed by atoms with Crippen molar-refractivity contribution in [1.29, 1.82) is 0 Å². The number of hydrazine groups is 1. The highest BCUT2D eigenvalue weighted by Gasteiger charge is 2.35. The van der Waals surface area contributed by atoms with Crippen molar-refractivity contribution < 1.29 is 8.42 Å². The van der Waals surface area contributed by atoms with Crippen LogP contribution in [0, 0.1) is 0 Å². The molecule has 0 aromatic rings. The molecular weight excluding hydrogens is 202 g/mol. The van der Waals surface area contributed by atoms with Crippen molar-refractivity contribution in [3.63, 3.8) is 0 Å². The molecule has 14 heavy (non-hydrogen) atoms. The summed E-state index contributed by atoms with van der Waals surface area (Å²) in [5.74, 6) is 0. The van der Waals surface area contributed by atoms with Gasteiger partial charge in [0, 0.05) is 41.3 Å². The van der Waals surface area contributed by atoms with Gasteiger partial charge >= 0.3 is 0 Å². The van der Waals surface area contributed by atoms with Crippen molar-refractivity contribution in [3.8, 4) is 0 Å². The zero-order chi connectivity index (χ0) is 10.9. The molecule has 0 aromatic heterocycles. The van der Waals surface area contributed by atoms with E-state index in [-0.39, 0.29) is 5.25 Å². The third-order valence-corrected chi connectivity index (χ3v) is 4.86. The van der Waals surface area contributed by atoms with Crippen molar-refractivity contribution in [2.24, 2.45) is 0 Å². The molecule has 1 rings (SSSR count). The molecule has 0 radical (unpaired) electrons. The summed E-state index contributed by atoms with van der Waals surface area (Å²) >= 11 is 0. The lowest BCUT2D eigenvalue weighted by Crippen LogP contribution is -2.39. The van der Waals surface area contributed by atoms with E-state index in [1.165, 1.54) is 4.31 Å². The molecule has 1 aliphatic heterocycles. The number of rotatable bonds is 3. The molecule has 0 aromatic carbocycles. The molecule has 0 N–H and O–H groups in total. The quantitative estimate of drug-likeness (QED) is 0.640. The Labute approximate surface area is 86.3 Å². The van der Waals surface area contributed by atoms with Crippen molar-refractivity contribution in [2.75, 3.05) is 41.3 Å². The highest BCUT2D eigenvalue weighted by molar-refractivity contribution is 7.89. The SMILES string of the molecule is CN(C)N1CCC(S(=O)(=O)N(C)C)C1. The topological polar surface area (TPSA) is 43.9 Å². The lowest BCUT2D eigenvalue weighted by atomic mass is 10.4. The first-order chi connectivity index (χ1) is 6.35. The van der Waals surface area contributed by atoms with Crippen LogP contribution in [-0.4, -0.2) is 69.3 Å². The Bertz CT molecular complexity index is 287. The molecule has 0 aliphatic carbocycles. The standard InChI is InChI=1S/C8H19N3O2S/c1-9(2)11-6-5-8(7-11)14(12,13)10(3)4/h8H,5-7H2,1-4H3. The van der Waals surface area contributed by atoms with Gasteiger partial charge in [-0.1, -0.05) is 0 Å². The molecular formula is C8H19N3O2S. The van der Waals surface area contributed by atoms with E-state index in [1.807, 2.05) is 24.1 Å². The van der Waals surface area contributed by atoms with Crippen LogP contribution in [0.3, 0.4) is 0 Å². The van der Waals surface area contributed by atoms with Crippen LogP contribution in [0.4, 0.5) is 0 Å². The third kappa shape index (κ3) is 2.25. The second kappa shape index (κ2) is 4.14. The van der Waals surface area contributed by atoms with Crippen LogP contribution in [0.1, 0.15) is 6.42 Å². The van der Waals surface area contributed by atoms with Crippen LogP contribution >= 0.6 is 0 Å². The summed E-state index contributed by atoms with van der Waals surface area (Å²) in [6.07, 6.45) is 0.721. The summed E-state index contributed by atoms with van der Waals surface area (Å²) in [6, 6.07) is 0. The van der Waals surface area contributed by atoms with Gasteiger partial charge in [0.1, 0.15) is 0 Å². The van der Waals surface area contributed by atoms with Gasteiger partial charge in [-0.2, -0.15) is 0 Å². The minimum atomic E-state index is -3.08. The Hall–Kier alpha value is -0.170. The molecule has 5 nitrogen and oxygen atoms in total. The summed E-state index contributed by atoms with van der Waals surface area (Å²) in [4.78, 5) is 0. The summed E-state index contributed by atoms with van der Waals surface area (Å²) in [5.41, 5.74) is 0. The first kappa shape index (κ1) is 11.9. The van der Waals surface area contributed by atoms with Crippen LogP contribution in [-0.2, 0) is 10.0 Å². The van der Waals surface area contributed by atoms with Gasteiger partial charge in [-0.15, -0.1) is 0 Å². The van der Waals surface area contributed by atoms with Gasteiger partial charge < -0.3 is 0 Å². The Morgan fingerprint density at radius 2 is 1.79 bits per heavy atom. The molecule has 1 saturated heterocycles. The van der Waals surface area contributed by atoms with Crippen LogP contribution < -0.4 is 0 Å². The van der Waals surface area contributed by atoms with E-state index in [0.29, 0.717) is 6.54 Å². The molecule has 0 bridgehead atoms. The maximum atomic E-state index is 11.8. The monoisotopic (exact) mass is 221 g/mol. The largest absolute Gasteiger partial charge is 0.248 e. The summed E-state index contributed by atoms with van der Waals surface area (Å²) in [6.45, 7) is 1.43. The Morgan fingerprint density at radius 3 is 2.14 bits per heavy atom. The van der Waals surface area contributed by atoms with E-state index in [4.69, 9.17) is 0 Å². The van der Waals surface area contributed by atoms with E-state index in [1.54, 1.807) is 14.1 Å². The van der Waals surface area contributed by atoms with Crippen LogP contribution in [0.5, 0.6) is 0 Å². The minimum Gasteiger partial charge on any atom is -0.248 e. The maximum absolute atomic E-state index is 11.8. The normalized spacial score (nSPS) is 25.1. The molecule has 0 spiro atoms. The highest BCUT2D eigenvalue weighted by Crippen LogP contribution is 2.18. The minimum absolute atomic E-state index is 0.250. The van der Waals surface area contributed by atoms with Gasteiger partial charge in [0.05, 0.1) is 5.25 Å². The van der Waals surface area contributed by atoms with Crippen molar-refractivity contribution >= 4 is 10.0 Å². The molecule has 1 heterocycles. The van der Waals surface area contributed by atoms with Crippen molar-refractivity contribution in [3.05, 3.63) is 0 Å².